The van der Waals surface area contributed by atoms with Crippen molar-refractivity contribution in [3.05, 3.63) is 105 Å². The zero-order chi connectivity index (χ0) is 31.6. The second-order valence-corrected chi connectivity index (χ2v) is 11.0. The quantitative estimate of drug-likeness (QED) is 0.204. The Balaban J connectivity index is 1.44. The van der Waals surface area contributed by atoms with E-state index in [0.717, 1.165) is 12.8 Å². The fourth-order valence-electron chi connectivity index (χ4n) is 6.01. The Morgan fingerprint density at radius 3 is 2.73 bits per heavy atom. The molecule has 1 saturated heterocycles. The molecule has 2 aliphatic rings. The first-order valence-corrected chi connectivity index (χ1v) is 14.3. The van der Waals surface area contributed by atoms with Crippen LogP contribution in [0.1, 0.15) is 37.3 Å². The van der Waals surface area contributed by atoms with E-state index >= 15 is 0 Å². The number of fused-ring (bicyclic) bond motifs is 1. The second-order valence-electron chi connectivity index (χ2n) is 11.0. The molecule has 0 unspecified atom stereocenters. The van der Waals surface area contributed by atoms with Crippen molar-refractivity contribution < 1.29 is 29.5 Å². The molecular weight excluding hydrogens is 568 g/mol. The topological polar surface area (TPSA) is 155 Å². The number of nitro groups is 1. The van der Waals surface area contributed by atoms with Gasteiger partial charge in [-0.2, -0.15) is 0 Å². The highest BCUT2D eigenvalue weighted by molar-refractivity contribution is 6.07. The molecule has 3 heterocycles. The van der Waals surface area contributed by atoms with Gasteiger partial charge in [0, 0.05) is 48.5 Å². The zero-order valence-corrected chi connectivity index (χ0v) is 24.5. The molecule has 2 aromatic carbocycles. The molecule has 0 saturated carbocycles. The number of pyridine rings is 1. The number of methoxy groups -OCH3 is 1. The highest BCUT2D eigenvalue weighted by atomic mass is 16.6. The van der Waals surface area contributed by atoms with E-state index in [4.69, 9.17) is 4.74 Å². The summed E-state index contributed by atoms with van der Waals surface area (Å²) in [6.45, 7) is 2.10. The molecule has 0 spiro atoms. The summed E-state index contributed by atoms with van der Waals surface area (Å²) in [6.07, 6.45) is 6.33. The number of nitro benzene ring substituents is 1. The number of carbonyl (C=O) groups excluding carboxylic acids is 2. The Hall–Kier alpha value is -4.81. The number of carbonyl (C=O) groups is 2. The first kappa shape index (κ1) is 30.6. The molecule has 0 bridgehead atoms. The Labute approximate surface area is 253 Å². The van der Waals surface area contributed by atoms with Crippen molar-refractivity contribution in [2.75, 3.05) is 25.2 Å². The highest BCUT2D eigenvalue weighted by Crippen LogP contribution is 2.47. The van der Waals surface area contributed by atoms with Gasteiger partial charge in [-0.1, -0.05) is 31.2 Å². The normalized spacial score (nSPS) is 20.3. The smallest absolute Gasteiger partial charge is 0.297 e. The zero-order valence-electron chi connectivity index (χ0n) is 24.5. The molecule has 12 nitrogen and oxygen atoms in total. The number of hydrogen-bond donors (Lipinski definition) is 2. The summed E-state index contributed by atoms with van der Waals surface area (Å²) in [6, 6.07) is 14.0. The van der Waals surface area contributed by atoms with Crippen LogP contribution >= 0.6 is 0 Å². The maximum absolute atomic E-state index is 14.0. The number of benzene rings is 2. The van der Waals surface area contributed by atoms with E-state index in [-0.39, 0.29) is 54.1 Å². The SMILES string of the molecule is COc1cccn(-c2cccc(CN3C(=O)[C@](O)([C@H](C)/C=C/CC(=O)N4CCC[C@H]4CO)c4cc([N+](=O)[O-])ccc43)c2)c1=O. The third-order valence-corrected chi connectivity index (χ3v) is 8.41. The van der Waals surface area contributed by atoms with Crippen molar-refractivity contribution in [1.82, 2.24) is 9.47 Å². The van der Waals surface area contributed by atoms with Crippen molar-refractivity contribution in [2.24, 2.45) is 5.92 Å². The maximum atomic E-state index is 14.0. The molecule has 2 N–H and O–H groups in total. The minimum absolute atomic E-state index is 0.0188. The van der Waals surface area contributed by atoms with E-state index < -0.39 is 22.3 Å². The van der Waals surface area contributed by atoms with Crippen molar-refractivity contribution >= 4 is 23.2 Å². The van der Waals surface area contributed by atoms with Crippen LogP contribution in [-0.2, 0) is 21.7 Å². The number of aromatic nitrogens is 1. The first-order valence-electron chi connectivity index (χ1n) is 14.3. The Morgan fingerprint density at radius 2 is 2.00 bits per heavy atom. The summed E-state index contributed by atoms with van der Waals surface area (Å²) in [5.74, 6) is -1.50. The van der Waals surface area contributed by atoms with E-state index in [1.54, 1.807) is 66.6 Å². The summed E-state index contributed by atoms with van der Waals surface area (Å²) < 4.78 is 6.57. The molecule has 3 aromatic rings. The molecule has 3 atom stereocenters. The third-order valence-electron chi connectivity index (χ3n) is 8.41. The number of amides is 2. The Morgan fingerprint density at radius 1 is 1.20 bits per heavy atom. The van der Waals surface area contributed by atoms with Crippen molar-refractivity contribution in [1.29, 1.82) is 0 Å². The van der Waals surface area contributed by atoms with Gasteiger partial charge in [-0.25, -0.2) is 0 Å². The van der Waals surface area contributed by atoms with E-state index in [1.165, 1.54) is 34.8 Å². The summed E-state index contributed by atoms with van der Waals surface area (Å²) in [5.41, 5.74) is -1.15. The maximum Gasteiger partial charge on any atom is 0.297 e. The number of aliphatic hydroxyl groups is 2. The van der Waals surface area contributed by atoms with Gasteiger partial charge in [-0.3, -0.25) is 29.1 Å². The van der Waals surface area contributed by atoms with Gasteiger partial charge in [-0.15, -0.1) is 0 Å². The van der Waals surface area contributed by atoms with Crippen LogP contribution in [0.2, 0.25) is 0 Å². The van der Waals surface area contributed by atoms with Gasteiger partial charge in [0.05, 0.1) is 36.9 Å². The minimum Gasteiger partial charge on any atom is -0.491 e. The molecule has 12 heteroatoms. The fourth-order valence-corrected chi connectivity index (χ4v) is 6.01. The third kappa shape index (κ3) is 5.49. The van der Waals surface area contributed by atoms with Gasteiger partial charge in [0.25, 0.3) is 17.2 Å². The Kier molecular flexibility index (Phi) is 8.66. The molecule has 2 aliphatic heterocycles. The van der Waals surface area contributed by atoms with Crippen molar-refractivity contribution in [3.63, 3.8) is 0 Å². The number of anilines is 1. The summed E-state index contributed by atoms with van der Waals surface area (Å²) >= 11 is 0. The molecular formula is C32H34N4O8. The largest absolute Gasteiger partial charge is 0.491 e. The fraction of sp³-hybridized carbons (Fsp3) is 0.344. The highest BCUT2D eigenvalue weighted by Gasteiger charge is 2.53. The standard InChI is InChI=1S/C32H34N4O8/c1-21(7-3-12-29(38)33-15-5-10-25(33)20-37)32(41)26-18-24(36(42)43)13-14-27(26)35(31(32)40)19-22-8-4-9-23(17-22)34-16-6-11-28(44-2)30(34)39/h3-4,6-9,11,13-14,16-18,21,25,37,41H,5,10,12,15,19-20H2,1-2H3/b7-3+/t21-,25+,32+/m1/s1. The molecule has 5 rings (SSSR count). The van der Waals surface area contributed by atoms with E-state index in [2.05, 4.69) is 0 Å². The van der Waals surface area contributed by atoms with E-state index in [9.17, 15) is 34.7 Å². The lowest BCUT2D eigenvalue weighted by molar-refractivity contribution is -0.385. The monoisotopic (exact) mass is 602 g/mol. The van der Waals surface area contributed by atoms with Crippen LogP contribution in [0.3, 0.4) is 0 Å². The van der Waals surface area contributed by atoms with Crippen LogP contribution in [0.25, 0.3) is 5.69 Å². The number of aliphatic hydroxyl groups excluding tert-OH is 1. The van der Waals surface area contributed by atoms with E-state index in [1.807, 2.05) is 0 Å². The van der Waals surface area contributed by atoms with Crippen LogP contribution < -0.4 is 15.2 Å². The van der Waals surface area contributed by atoms with Gasteiger partial charge >= 0.3 is 0 Å². The van der Waals surface area contributed by atoms with Crippen molar-refractivity contribution in [2.45, 2.75) is 44.4 Å². The van der Waals surface area contributed by atoms with Gasteiger partial charge < -0.3 is 24.7 Å². The summed E-state index contributed by atoms with van der Waals surface area (Å²) in [5, 5.41) is 33.1. The number of hydrogen-bond acceptors (Lipinski definition) is 8. The summed E-state index contributed by atoms with van der Waals surface area (Å²) in [7, 11) is 1.41. The number of likely N-dealkylation sites (tertiary alicyclic amines) is 1. The molecule has 2 amide bonds. The molecule has 0 aliphatic carbocycles. The predicted molar refractivity (Wildman–Crippen MR) is 162 cm³/mol. The summed E-state index contributed by atoms with van der Waals surface area (Å²) in [4.78, 5) is 53.6. The average molecular weight is 603 g/mol. The van der Waals surface area contributed by atoms with Gasteiger partial charge in [0.2, 0.25) is 5.91 Å². The lowest BCUT2D eigenvalue weighted by Crippen LogP contribution is -2.44. The number of ether oxygens (including phenoxy) is 1. The number of nitrogens with zero attached hydrogens (tertiary/aromatic N) is 4. The molecule has 0 radical (unpaired) electrons. The van der Waals surface area contributed by atoms with Gasteiger partial charge in [-0.05, 0) is 48.7 Å². The second kappa shape index (κ2) is 12.4. The lowest BCUT2D eigenvalue weighted by Gasteiger charge is -2.28. The predicted octanol–water partition coefficient (Wildman–Crippen LogP) is 3.05. The van der Waals surface area contributed by atoms with Crippen LogP contribution in [-0.4, -0.2) is 62.7 Å². The Bertz CT molecular complexity index is 1680. The van der Waals surface area contributed by atoms with Crippen LogP contribution in [0.5, 0.6) is 5.75 Å². The minimum atomic E-state index is -2.14. The van der Waals surface area contributed by atoms with Crippen molar-refractivity contribution in [3.8, 4) is 11.4 Å². The first-order chi connectivity index (χ1) is 21.1. The number of rotatable bonds is 10. The van der Waals surface area contributed by atoms with Crippen LogP contribution in [0.15, 0.2) is 77.7 Å². The molecule has 1 aromatic heterocycles. The number of non-ortho nitro benzene ring substituents is 1. The van der Waals surface area contributed by atoms with Crippen LogP contribution in [0, 0.1) is 16.0 Å². The van der Waals surface area contributed by atoms with E-state index in [0.29, 0.717) is 23.5 Å². The lowest BCUT2D eigenvalue weighted by atomic mass is 9.82. The van der Waals surface area contributed by atoms with Crippen LogP contribution in [0.4, 0.5) is 11.4 Å². The molecule has 44 heavy (non-hydrogen) atoms. The molecule has 1 fully saturated rings. The van der Waals surface area contributed by atoms with Gasteiger partial charge in [0.1, 0.15) is 0 Å². The molecule has 230 valence electrons. The van der Waals surface area contributed by atoms with Gasteiger partial charge in [0.15, 0.2) is 11.4 Å². The average Bonchev–Trinajstić information content (AvgIpc) is 3.59.